The number of nitrogens with zero attached hydrogens (tertiary/aromatic N) is 3. The van der Waals surface area contributed by atoms with Crippen LogP contribution in [-0.2, 0) is 14.3 Å². The standard InChI is InChI=1S/C19H31N3O3/c1-14(2)18-20-8-10-22(18)16-6-4-9-21(12-16)19(23)15(3)25-13-17-7-5-11-24-17/h8,10,14-17H,4-7,9,11-13H2,1-3H3/t15-,16-,17-/m0/s1. The van der Waals surface area contributed by atoms with E-state index in [1.165, 1.54) is 0 Å². The molecule has 0 aromatic carbocycles. The van der Waals surface area contributed by atoms with Crippen LogP contribution in [-0.4, -0.2) is 58.9 Å². The molecule has 2 aliphatic rings. The molecule has 0 saturated carbocycles. The Hall–Kier alpha value is -1.40. The molecule has 1 amide bonds. The van der Waals surface area contributed by atoms with Gasteiger partial charge in [-0.2, -0.15) is 0 Å². The van der Waals surface area contributed by atoms with Crippen molar-refractivity contribution in [2.45, 2.75) is 70.6 Å². The lowest BCUT2D eigenvalue weighted by molar-refractivity contribution is -0.146. The van der Waals surface area contributed by atoms with Crippen LogP contribution in [0.15, 0.2) is 12.4 Å². The van der Waals surface area contributed by atoms with E-state index >= 15 is 0 Å². The van der Waals surface area contributed by atoms with Crippen LogP contribution in [0.1, 0.15) is 64.2 Å². The van der Waals surface area contributed by atoms with Crippen LogP contribution in [0, 0.1) is 0 Å². The second-order valence-electron chi connectivity index (χ2n) is 7.54. The number of aromatic nitrogens is 2. The number of ether oxygens (including phenoxy) is 2. The normalized spacial score (nSPS) is 25.5. The number of carbonyl (C=O) groups excluding carboxylic acids is 1. The Bertz CT molecular complexity index is 566. The van der Waals surface area contributed by atoms with Crippen LogP contribution in [0.4, 0.5) is 0 Å². The summed E-state index contributed by atoms with van der Waals surface area (Å²) in [5.74, 6) is 1.57. The average Bonchev–Trinajstić information content (AvgIpc) is 3.30. The second-order valence-corrected chi connectivity index (χ2v) is 7.54. The van der Waals surface area contributed by atoms with Gasteiger partial charge in [-0.3, -0.25) is 4.79 Å². The highest BCUT2D eigenvalue weighted by Crippen LogP contribution is 2.26. The predicted molar refractivity (Wildman–Crippen MR) is 95.6 cm³/mol. The molecule has 0 bridgehead atoms. The molecule has 1 aromatic heterocycles. The number of rotatable bonds is 6. The van der Waals surface area contributed by atoms with Crippen LogP contribution in [0.2, 0.25) is 0 Å². The summed E-state index contributed by atoms with van der Waals surface area (Å²) in [6.07, 6.45) is 7.89. The largest absolute Gasteiger partial charge is 0.376 e. The maximum absolute atomic E-state index is 12.8. The number of imidazole rings is 1. The smallest absolute Gasteiger partial charge is 0.251 e. The zero-order valence-corrected chi connectivity index (χ0v) is 15.7. The zero-order valence-electron chi connectivity index (χ0n) is 15.7. The quantitative estimate of drug-likeness (QED) is 0.792. The number of piperidine rings is 1. The number of carbonyl (C=O) groups is 1. The molecule has 140 valence electrons. The van der Waals surface area contributed by atoms with Gasteiger partial charge in [0.05, 0.1) is 18.8 Å². The maximum atomic E-state index is 12.8. The van der Waals surface area contributed by atoms with Crippen LogP contribution in [0.3, 0.4) is 0 Å². The average molecular weight is 349 g/mol. The van der Waals surface area contributed by atoms with E-state index in [1.807, 2.05) is 24.2 Å². The van der Waals surface area contributed by atoms with Crippen molar-refractivity contribution in [3.8, 4) is 0 Å². The number of hydrogen-bond donors (Lipinski definition) is 0. The Kier molecular flexibility index (Phi) is 6.12. The summed E-state index contributed by atoms with van der Waals surface area (Å²) in [6.45, 7) is 9.06. The molecule has 2 saturated heterocycles. The number of hydrogen-bond acceptors (Lipinski definition) is 4. The summed E-state index contributed by atoms with van der Waals surface area (Å²) in [7, 11) is 0. The molecule has 25 heavy (non-hydrogen) atoms. The summed E-state index contributed by atoms with van der Waals surface area (Å²) in [6, 6.07) is 0.308. The fourth-order valence-electron chi connectivity index (χ4n) is 3.82. The Morgan fingerprint density at radius 3 is 2.92 bits per heavy atom. The molecule has 6 heteroatoms. The van der Waals surface area contributed by atoms with E-state index < -0.39 is 6.10 Å². The Balaban J connectivity index is 1.56. The van der Waals surface area contributed by atoms with Crippen LogP contribution in [0.5, 0.6) is 0 Å². The van der Waals surface area contributed by atoms with Gasteiger partial charge < -0.3 is 18.9 Å². The zero-order chi connectivity index (χ0) is 17.8. The summed E-state index contributed by atoms with van der Waals surface area (Å²) in [5, 5.41) is 0. The van der Waals surface area contributed by atoms with Gasteiger partial charge in [0.1, 0.15) is 11.9 Å². The van der Waals surface area contributed by atoms with E-state index in [0.29, 0.717) is 18.6 Å². The van der Waals surface area contributed by atoms with E-state index in [1.54, 1.807) is 0 Å². The summed E-state index contributed by atoms with van der Waals surface area (Å²) in [5.41, 5.74) is 0. The third-order valence-corrected chi connectivity index (χ3v) is 5.22. The predicted octanol–water partition coefficient (Wildman–Crippen LogP) is 2.75. The molecule has 1 aromatic rings. The minimum Gasteiger partial charge on any atom is -0.376 e. The molecule has 0 unspecified atom stereocenters. The number of amides is 1. The molecule has 0 radical (unpaired) electrons. The highest BCUT2D eigenvalue weighted by atomic mass is 16.5. The van der Waals surface area contributed by atoms with Crippen molar-refractivity contribution >= 4 is 5.91 Å². The van der Waals surface area contributed by atoms with Gasteiger partial charge in [0.2, 0.25) is 0 Å². The molecule has 6 nitrogen and oxygen atoms in total. The van der Waals surface area contributed by atoms with Crippen molar-refractivity contribution in [1.29, 1.82) is 0 Å². The van der Waals surface area contributed by atoms with E-state index in [0.717, 1.165) is 51.2 Å². The van der Waals surface area contributed by atoms with Crippen LogP contribution < -0.4 is 0 Å². The molecular formula is C19H31N3O3. The molecule has 0 aliphatic carbocycles. The van der Waals surface area contributed by atoms with Crippen LogP contribution in [0.25, 0.3) is 0 Å². The lowest BCUT2D eigenvalue weighted by Crippen LogP contribution is -2.46. The van der Waals surface area contributed by atoms with Gasteiger partial charge in [-0.25, -0.2) is 4.98 Å². The van der Waals surface area contributed by atoms with Gasteiger partial charge in [0.25, 0.3) is 5.91 Å². The lowest BCUT2D eigenvalue weighted by atomic mass is 10.0. The first-order valence-corrected chi connectivity index (χ1v) is 9.61. The van der Waals surface area contributed by atoms with E-state index in [9.17, 15) is 4.79 Å². The highest BCUT2D eigenvalue weighted by Gasteiger charge is 2.29. The molecule has 0 N–H and O–H groups in total. The van der Waals surface area contributed by atoms with Crippen molar-refractivity contribution < 1.29 is 14.3 Å². The molecule has 2 fully saturated rings. The van der Waals surface area contributed by atoms with Crippen molar-refractivity contribution in [3.05, 3.63) is 18.2 Å². The van der Waals surface area contributed by atoms with Crippen molar-refractivity contribution in [3.63, 3.8) is 0 Å². The molecule has 2 aliphatic heterocycles. The van der Waals surface area contributed by atoms with Gasteiger partial charge in [-0.15, -0.1) is 0 Å². The van der Waals surface area contributed by atoms with Crippen molar-refractivity contribution in [2.75, 3.05) is 26.3 Å². The summed E-state index contributed by atoms with van der Waals surface area (Å²) >= 11 is 0. The van der Waals surface area contributed by atoms with E-state index in [2.05, 4.69) is 23.4 Å². The van der Waals surface area contributed by atoms with Crippen molar-refractivity contribution in [2.24, 2.45) is 0 Å². The van der Waals surface area contributed by atoms with Crippen molar-refractivity contribution in [1.82, 2.24) is 14.5 Å². The monoisotopic (exact) mass is 349 g/mol. The summed E-state index contributed by atoms with van der Waals surface area (Å²) < 4.78 is 13.6. The highest BCUT2D eigenvalue weighted by molar-refractivity contribution is 5.80. The van der Waals surface area contributed by atoms with Crippen LogP contribution >= 0.6 is 0 Å². The Morgan fingerprint density at radius 2 is 2.20 bits per heavy atom. The van der Waals surface area contributed by atoms with E-state index in [-0.39, 0.29) is 12.0 Å². The molecule has 3 heterocycles. The fourth-order valence-corrected chi connectivity index (χ4v) is 3.82. The lowest BCUT2D eigenvalue weighted by Gasteiger charge is -2.35. The molecule has 0 spiro atoms. The summed E-state index contributed by atoms with van der Waals surface area (Å²) in [4.78, 5) is 19.2. The Morgan fingerprint density at radius 1 is 1.36 bits per heavy atom. The SMILES string of the molecule is CC(C)c1nccn1[C@H]1CCCN(C(=O)[C@H](C)OC[C@@H]2CCCO2)C1. The van der Waals surface area contributed by atoms with Gasteiger partial charge in [0, 0.05) is 38.0 Å². The first-order valence-electron chi connectivity index (χ1n) is 9.61. The first-order chi connectivity index (χ1) is 12.1. The van der Waals surface area contributed by atoms with Gasteiger partial charge in [-0.05, 0) is 32.6 Å². The third-order valence-electron chi connectivity index (χ3n) is 5.22. The van der Waals surface area contributed by atoms with E-state index in [4.69, 9.17) is 9.47 Å². The molecular weight excluding hydrogens is 318 g/mol. The number of likely N-dealkylation sites (tertiary alicyclic amines) is 1. The second kappa shape index (κ2) is 8.32. The molecule has 3 rings (SSSR count). The first kappa shape index (κ1) is 18.4. The minimum atomic E-state index is -0.407. The Labute approximate surface area is 150 Å². The minimum absolute atomic E-state index is 0.0916. The maximum Gasteiger partial charge on any atom is 0.251 e. The fraction of sp³-hybridized carbons (Fsp3) is 0.789. The van der Waals surface area contributed by atoms with Gasteiger partial charge in [0.15, 0.2) is 0 Å². The third kappa shape index (κ3) is 4.42. The van der Waals surface area contributed by atoms with Gasteiger partial charge in [-0.1, -0.05) is 13.8 Å². The topological polar surface area (TPSA) is 56.6 Å². The van der Waals surface area contributed by atoms with Gasteiger partial charge >= 0.3 is 0 Å². The molecule has 3 atom stereocenters.